The number of hydrogen-bond acceptors (Lipinski definition) is 6. The molecular formula is C21H22ClNO6. The number of rotatable bonds is 8. The molecule has 0 bridgehead atoms. The van der Waals surface area contributed by atoms with E-state index < -0.39 is 18.0 Å². The van der Waals surface area contributed by atoms with Gasteiger partial charge in [-0.25, -0.2) is 4.79 Å². The number of carbonyl (C=O) groups is 2. The second-order valence-corrected chi connectivity index (χ2v) is 6.31. The first kappa shape index (κ1) is 22.1. The van der Waals surface area contributed by atoms with Gasteiger partial charge in [-0.2, -0.15) is 0 Å². The van der Waals surface area contributed by atoms with Crippen molar-refractivity contribution in [2.24, 2.45) is 0 Å². The van der Waals surface area contributed by atoms with E-state index in [0.717, 1.165) is 0 Å². The summed E-state index contributed by atoms with van der Waals surface area (Å²) in [5.41, 5.74) is 1.14. The first-order chi connectivity index (χ1) is 13.9. The van der Waals surface area contributed by atoms with Crippen molar-refractivity contribution in [1.82, 2.24) is 0 Å². The van der Waals surface area contributed by atoms with Crippen molar-refractivity contribution in [3.05, 3.63) is 53.1 Å². The molecule has 2 rings (SSSR count). The molecule has 0 aromatic heterocycles. The average molecular weight is 420 g/mol. The maximum Gasteiger partial charge on any atom is 0.331 e. The Morgan fingerprint density at radius 1 is 1.03 bits per heavy atom. The summed E-state index contributed by atoms with van der Waals surface area (Å²) >= 11 is 5.88. The maximum atomic E-state index is 12.2. The third-order valence-corrected chi connectivity index (χ3v) is 4.09. The number of carbonyl (C=O) groups excluding carboxylic acids is 2. The van der Waals surface area contributed by atoms with Gasteiger partial charge >= 0.3 is 5.97 Å². The summed E-state index contributed by atoms with van der Waals surface area (Å²) in [6.07, 6.45) is 1.74. The molecule has 2 aromatic rings. The highest BCUT2D eigenvalue weighted by molar-refractivity contribution is 6.30. The van der Waals surface area contributed by atoms with Crippen molar-refractivity contribution in [1.29, 1.82) is 0 Å². The van der Waals surface area contributed by atoms with E-state index >= 15 is 0 Å². The number of esters is 1. The summed E-state index contributed by atoms with van der Waals surface area (Å²) in [6.45, 7) is 1.48. The van der Waals surface area contributed by atoms with Gasteiger partial charge < -0.3 is 24.3 Å². The Balaban J connectivity index is 2.02. The Kier molecular flexibility index (Phi) is 7.91. The van der Waals surface area contributed by atoms with Crippen LogP contribution in [0.1, 0.15) is 12.5 Å². The van der Waals surface area contributed by atoms with Crippen LogP contribution in [0.5, 0.6) is 17.2 Å². The third kappa shape index (κ3) is 6.15. The molecule has 0 aliphatic carbocycles. The van der Waals surface area contributed by atoms with Crippen LogP contribution in [0, 0.1) is 0 Å². The van der Waals surface area contributed by atoms with Crippen LogP contribution >= 0.6 is 11.6 Å². The highest BCUT2D eigenvalue weighted by Crippen LogP contribution is 2.38. The van der Waals surface area contributed by atoms with Gasteiger partial charge in [0.05, 0.1) is 21.3 Å². The van der Waals surface area contributed by atoms with Crippen LogP contribution in [0.15, 0.2) is 42.5 Å². The molecule has 8 heteroatoms. The van der Waals surface area contributed by atoms with Gasteiger partial charge in [-0.05, 0) is 48.9 Å². The van der Waals surface area contributed by atoms with Crippen LogP contribution in [0.3, 0.4) is 0 Å². The minimum atomic E-state index is -0.994. The molecule has 0 heterocycles. The highest BCUT2D eigenvalue weighted by atomic mass is 35.5. The molecule has 1 atom stereocenters. The third-order valence-electron chi connectivity index (χ3n) is 3.85. The Morgan fingerprint density at radius 3 is 2.24 bits per heavy atom. The molecule has 0 fully saturated rings. The molecule has 7 nitrogen and oxygen atoms in total. The SMILES string of the molecule is COc1cc(/C=C/C(=O)O[C@@H](C)C(=O)Nc2cccc(Cl)c2)cc(OC)c1OC. The van der Waals surface area contributed by atoms with Crippen molar-refractivity contribution in [2.75, 3.05) is 26.6 Å². The van der Waals surface area contributed by atoms with Gasteiger partial charge in [0, 0.05) is 16.8 Å². The first-order valence-electron chi connectivity index (χ1n) is 8.63. The van der Waals surface area contributed by atoms with Gasteiger partial charge in [0.25, 0.3) is 5.91 Å². The Bertz CT molecular complexity index is 887. The van der Waals surface area contributed by atoms with E-state index in [-0.39, 0.29) is 0 Å². The summed E-state index contributed by atoms with van der Waals surface area (Å²) in [5.74, 6) is 0.207. The molecule has 0 saturated heterocycles. The van der Waals surface area contributed by atoms with E-state index in [1.54, 1.807) is 36.4 Å². The summed E-state index contributed by atoms with van der Waals surface area (Å²) in [5, 5.41) is 3.12. The summed E-state index contributed by atoms with van der Waals surface area (Å²) in [7, 11) is 4.50. The number of hydrogen-bond donors (Lipinski definition) is 1. The molecule has 2 aromatic carbocycles. The summed E-state index contributed by atoms with van der Waals surface area (Å²) in [4.78, 5) is 24.2. The summed E-state index contributed by atoms with van der Waals surface area (Å²) in [6, 6.07) is 10.0. The summed E-state index contributed by atoms with van der Waals surface area (Å²) < 4.78 is 20.9. The number of benzene rings is 2. The fourth-order valence-corrected chi connectivity index (χ4v) is 2.63. The molecule has 154 valence electrons. The number of methoxy groups -OCH3 is 3. The fraction of sp³-hybridized carbons (Fsp3) is 0.238. The lowest BCUT2D eigenvalue weighted by atomic mass is 10.1. The van der Waals surface area contributed by atoms with Crippen LogP contribution in [0.25, 0.3) is 6.08 Å². The second kappa shape index (κ2) is 10.4. The number of amides is 1. The second-order valence-electron chi connectivity index (χ2n) is 5.87. The molecule has 29 heavy (non-hydrogen) atoms. The van der Waals surface area contributed by atoms with Crippen molar-refractivity contribution < 1.29 is 28.5 Å². The Hall–Kier alpha value is -3.19. The zero-order valence-corrected chi connectivity index (χ0v) is 17.3. The van der Waals surface area contributed by atoms with Crippen molar-refractivity contribution in [3.63, 3.8) is 0 Å². The van der Waals surface area contributed by atoms with Gasteiger partial charge in [0.1, 0.15) is 0 Å². The zero-order chi connectivity index (χ0) is 21.4. The quantitative estimate of drug-likeness (QED) is 0.515. The minimum Gasteiger partial charge on any atom is -0.493 e. The Morgan fingerprint density at radius 2 is 1.69 bits per heavy atom. The highest BCUT2D eigenvalue weighted by Gasteiger charge is 2.17. The number of nitrogens with one attached hydrogen (secondary N) is 1. The maximum absolute atomic E-state index is 12.2. The molecular weight excluding hydrogens is 398 g/mol. The van der Waals surface area contributed by atoms with Gasteiger partial charge in [0.2, 0.25) is 5.75 Å². The topological polar surface area (TPSA) is 83.1 Å². The van der Waals surface area contributed by atoms with Crippen molar-refractivity contribution in [3.8, 4) is 17.2 Å². The average Bonchev–Trinajstić information content (AvgIpc) is 2.71. The largest absolute Gasteiger partial charge is 0.493 e. The van der Waals surface area contributed by atoms with Crippen molar-refractivity contribution >= 4 is 35.2 Å². The lowest BCUT2D eigenvalue weighted by molar-refractivity contribution is -0.148. The minimum absolute atomic E-state index is 0.445. The normalized spacial score (nSPS) is 11.6. The lowest BCUT2D eigenvalue weighted by Crippen LogP contribution is -2.29. The Labute approximate surface area is 174 Å². The van der Waals surface area contributed by atoms with Crippen molar-refractivity contribution in [2.45, 2.75) is 13.0 Å². The smallest absolute Gasteiger partial charge is 0.331 e. The number of halogens is 1. The lowest BCUT2D eigenvalue weighted by Gasteiger charge is -2.13. The predicted octanol–water partition coefficient (Wildman–Crippen LogP) is 3.95. The fourth-order valence-electron chi connectivity index (χ4n) is 2.44. The monoisotopic (exact) mass is 419 g/mol. The van der Waals surface area contributed by atoms with E-state index in [1.807, 2.05) is 0 Å². The molecule has 0 aliphatic heterocycles. The van der Waals surface area contributed by atoms with Gasteiger partial charge in [0.15, 0.2) is 17.6 Å². The molecule has 1 N–H and O–H groups in total. The van der Waals surface area contributed by atoms with Crippen LogP contribution in [-0.4, -0.2) is 39.3 Å². The van der Waals surface area contributed by atoms with Crippen LogP contribution in [0.2, 0.25) is 5.02 Å². The predicted molar refractivity (Wildman–Crippen MR) is 111 cm³/mol. The van der Waals surface area contributed by atoms with E-state index in [0.29, 0.717) is 33.5 Å². The molecule has 0 radical (unpaired) electrons. The van der Waals surface area contributed by atoms with E-state index in [4.69, 9.17) is 30.5 Å². The van der Waals surface area contributed by atoms with Gasteiger partial charge in [-0.3, -0.25) is 4.79 Å². The van der Waals surface area contributed by atoms with Gasteiger partial charge in [-0.1, -0.05) is 17.7 Å². The van der Waals surface area contributed by atoms with Crippen LogP contribution < -0.4 is 19.5 Å². The molecule has 0 aliphatic rings. The van der Waals surface area contributed by atoms with Gasteiger partial charge in [-0.15, -0.1) is 0 Å². The van der Waals surface area contributed by atoms with Crippen LogP contribution in [0.4, 0.5) is 5.69 Å². The number of ether oxygens (including phenoxy) is 4. The molecule has 0 saturated carbocycles. The molecule has 1 amide bonds. The zero-order valence-electron chi connectivity index (χ0n) is 16.5. The standard InChI is InChI=1S/C21H22ClNO6/c1-13(21(25)23-16-7-5-6-15(22)12-16)29-19(24)9-8-14-10-17(26-2)20(28-4)18(11-14)27-3/h5-13H,1-4H3,(H,23,25)/b9-8+/t13-/m0/s1. The molecule has 0 spiro atoms. The van der Waals surface area contributed by atoms with E-state index in [1.165, 1.54) is 40.4 Å². The van der Waals surface area contributed by atoms with E-state index in [9.17, 15) is 9.59 Å². The van der Waals surface area contributed by atoms with E-state index in [2.05, 4.69) is 5.32 Å². The number of anilines is 1. The first-order valence-corrected chi connectivity index (χ1v) is 9.00. The van der Waals surface area contributed by atoms with Crippen LogP contribution in [-0.2, 0) is 14.3 Å². The molecule has 0 unspecified atom stereocenters.